The minimum absolute atomic E-state index is 0.281. The first-order chi connectivity index (χ1) is 14.6. The molecule has 6 nitrogen and oxygen atoms in total. The summed E-state index contributed by atoms with van der Waals surface area (Å²) in [5, 5.41) is 6.09. The Balaban J connectivity index is 1.63. The van der Waals surface area contributed by atoms with Crippen molar-refractivity contribution in [3.8, 4) is 0 Å². The molecule has 0 aliphatic carbocycles. The number of amides is 1. The minimum atomic E-state index is -0.517. The Morgan fingerprint density at radius 3 is 2.68 bits per heavy atom. The molecule has 168 valence electrons. The summed E-state index contributed by atoms with van der Waals surface area (Å²) in [4.78, 5) is 17.1. The summed E-state index contributed by atoms with van der Waals surface area (Å²) in [6.07, 6.45) is 6.13. The predicted molar refractivity (Wildman–Crippen MR) is 125 cm³/mol. The van der Waals surface area contributed by atoms with Crippen molar-refractivity contribution >= 4 is 22.7 Å². The van der Waals surface area contributed by atoms with E-state index in [0.717, 1.165) is 48.1 Å². The second-order valence-corrected chi connectivity index (χ2v) is 10.5. The number of likely N-dealkylation sites (tertiary alicyclic amines) is 1. The Morgan fingerprint density at radius 2 is 1.97 bits per heavy atom. The summed E-state index contributed by atoms with van der Waals surface area (Å²) in [5.41, 5.74) is 2.41. The number of aromatic nitrogens is 2. The largest absolute Gasteiger partial charge is 0.443 e. The van der Waals surface area contributed by atoms with Gasteiger partial charge >= 0.3 is 6.09 Å². The zero-order valence-electron chi connectivity index (χ0n) is 19.8. The third-order valence-corrected chi connectivity index (χ3v) is 6.34. The number of fused-ring (bicyclic) bond motifs is 1. The summed E-state index contributed by atoms with van der Waals surface area (Å²) in [5.74, 6) is 0.975. The maximum Gasteiger partial charge on any atom is 0.414 e. The van der Waals surface area contributed by atoms with Crippen LogP contribution in [0.2, 0.25) is 0 Å². The first-order valence-corrected chi connectivity index (χ1v) is 11.5. The molecular formula is C25H36N4O2. The highest BCUT2D eigenvalue weighted by Crippen LogP contribution is 2.32. The normalized spacial score (nSPS) is 25.5. The molecule has 1 saturated heterocycles. The quantitative estimate of drug-likeness (QED) is 0.668. The van der Waals surface area contributed by atoms with Crippen LogP contribution in [0.5, 0.6) is 0 Å². The number of carbonyl (C=O) groups is 1. The van der Waals surface area contributed by atoms with Gasteiger partial charge in [-0.05, 0) is 65.1 Å². The van der Waals surface area contributed by atoms with E-state index >= 15 is 0 Å². The summed E-state index contributed by atoms with van der Waals surface area (Å²) >= 11 is 0. The highest BCUT2D eigenvalue weighted by Gasteiger charge is 2.30. The van der Waals surface area contributed by atoms with E-state index in [1.807, 2.05) is 20.8 Å². The van der Waals surface area contributed by atoms with Crippen LogP contribution in [0, 0.1) is 11.8 Å². The number of benzene rings is 1. The van der Waals surface area contributed by atoms with Gasteiger partial charge < -0.3 is 9.64 Å². The van der Waals surface area contributed by atoms with Crippen molar-refractivity contribution in [2.24, 2.45) is 11.8 Å². The van der Waals surface area contributed by atoms with Crippen molar-refractivity contribution in [2.75, 3.05) is 26.7 Å². The van der Waals surface area contributed by atoms with Gasteiger partial charge in [0.05, 0.1) is 17.3 Å². The fourth-order valence-electron chi connectivity index (χ4n) is 4.77. The third-order valence-electron chi connectivity index (χ3n) is 6.34. The van der Waals surface area contributed by atoms with Crippen molar-refractivity contribution in [3.63, 3.8) is 0 Å². The molecule has 3 atom stereocenters. The number of ether oxygens (including phenoxy) is 1. The second kappa shape index (κ2) is 8.30. The molecule has 3 heterocycles. The van der Waals surface area contributed by atoms with Crippen molar-refractivity contribution in [1.29, 1.82) is 0 Å². The summed E-state index contributed by atoms with van der Waals surface area (Å²) in [6.45, 7) is 13.1. The molecule has 0 bridgehead atoms. The van der Waals surface area contributed by atoms with Crippen LogP contribution in [0.1, 0.15) is 59.1 Å². The van der Waals surface area contributed by atoms with Crippen LogP contribution in [0.3, 0.4) is 0 Å². The zero-order valence-corrected chi connectivity index (χ0v) is 19.8. The molecule has 0 saturated carbocycles. The summed E-state index contributed by atoms with van der Waals surface area (Å²) in [7, 11) is 2.19. The Kier molecular flexibility index (Phi) is 5.86. The highest BCUT2D eigenvalue weighted by atomic mass is 16.6. The molecule has 2 aliphatic heterocycles. The van der Waals surface area contributed by atoms with E-state index in [1.165, 1.54) is 0 Å². The van der Waals surface area contributed by atoms with E-state index < -0.39 is 5.60 Å². The maximum absolute atomic E-state index is 12.9. The van der Waals surface area contributed by atoms with Gasteiger partial charge in [0.1, 0.15) is 5.60 Å². The lowest BCUT2D eigenvalue weighted by molar-refractivity contribution is 0.0327. The van der Waals surface area contributed by atoms with Gasteiger partial charge in [0.2, 0.25) is 0 Å². The van der Waals surface area contributed by atoms with Gasteiger partial charge in [-0.3, -0.25) is 9.58 Å². The third kappa shape index (κ3) is 4.79. The molecule has 1 amide bonds. The standard InChI is InChI=1S/C25H36N4O2/c1-17-7-10-23(28(14-17)24(30)31-25(3,4)5)19-8-9-20-16-29(26-21(20)13-19)22-11-12-27(6)15-18(22)2/h8-10,13,16-18,22H,7,11-12,14-15H2,1-6H3. The van der Waals surface area contributed by atoms with Crippen LogP contribution < -0.4 is 0 Å². The maximum atomic E-state index is 12.9. The predicted octanol–water partition coefficient (Wildman–Crippen LogP) is 5.17. The lowest BCUT2D eigenvalue weighted by Crippen LogP contribution is -2.39. The first-order valence-electron chi connectivity index (χ1n) is 11.5. The molecule has 0 N–H and O–H groups in total. The molecule has 31 heavy (non-hydrogen) atoms. The fraction of sp³-hybridized carbons (Fsp3) is 0.600. The van der Waals surface area contributed by atoms with Crippen LogP contribution in [0.15, 0.2) is 30.5 Å². The number of allylic oxidation sites excluding steroid dienone is 1. The molecule has 1 aromatic carbocycles. The molecule has 4 rings (SSSR count). The molecule has 6 heteroatoms. The summed E-state index contributed by atoms with van der Waals surface area (Å²) in [6, 6.07) is 6.77. The van der Waals surface area contributed by atoms with E-state index in [1.54, 1.807) is 4.90 Å². The van der Waals surface area contributed by atoms with Gasteiger partial charge in [0, 0.05) is 30.2 Å². The highest BCUT2D eigenvalue weighted by molar-refractivity contribution is 5.87. The second-order valence-electron chi connectivity index (χ2n) is 10.5. The van der Waals surface area contributed by atoms with Crippen molar-refractivity contribution < 1.29 is 9.53 Å². The number of hydrogen-bond donors (Lipinski definition) is 0. The smallest absolute Gasteiger partial charge is 0.414 e. The Labute approximate surface area is 185 Å². The topological polar surface area (TPSA) is 50.6 Å². The fourth-order valence-corrected chi connectivity index (χ4v) is 4.77. The molecule has 1 aromatic heterocycles. The van der Waals surface area contributed by atoms with E-state index in [4.69, 9.17) is 9.84 Å². The monoisotopic (exact) mass is 424 g/mol. The number of rotatable bonds is 2. The number of nitrogens with zero attached hydrogens (tertiary/aromatic N) is 4. The average Bonchev–Trinajstić information content (AvgIpc) is 3.09. The number of hydrogen-bond acceptors (Lipinski definition) is 4. The Morgan fingerprint density at radius 1 is 1.19 bits per heavy atom. The number of piperidine rings is 1. The summed E-state index contributed by atoms with van der Waals surface area (Å²) < 4.78 is 7.85. The SMILES string of the molecule is CC1CC=C(c2ccc3cn(C4CCN(C)CC4C)nc3c2)N(C(=O)OC(C)(C)C)C1. The van der Waals surface area contributed by atoms with Gasteiger partial charge in [-0.25, -0.2) is 4.79 Å². The van der Waals surface area contributed by atoms with Crippen LogP contribution in [0.25, 0.3) is 16.6 Å². The minimum Gasteiger partial charge on any atom is -0.443 e. The molecule has 2 aromatic rings. The molecule has 3 unspecified atom stereocenters. The van der Waals surface area contributed by atoms with E-state index in [-0.39, 0.29) is 6.09 Å². The van der Waals surface area contributed by atoms with Crippen LogP contribution >= 0.6 is 0 Å². The van der Waals surface area contributed by atoms with Gasteiger partial charge in [-0.2, -0.15) is 5.10 Å². The van der Waals surface area contributed by atoms with E-state index in [9.17, 15) is 4.79 Å². The van der Waals surface area contributed by atoms with Crippen LogP contribution in [-0.4, -0.2) is 58.0 Å². The molecule has 1 fully saturated rings. The van der Waals surface area contributed by atoms with Crippen molar-refractivity contribution in [1.82, 2.24) is 19.6 Å². The van der Waals surface area contributed by atoms with E-state index in [2.05, 4.69) is 60.9 Å². The van der Waals surface area contributed by atoms with Crippen LogP contribution in [-0.2, 0) is 4.74 Å². The Bertz CT molecular complexity index is 987. The zero-order chi connectivity index (χ0) is 22.3. The van der Waals surface area contributed by atoms with Gasteiger partial charge in [0.25, 0.3) is 0 Å². The van der Waals surface area contributed by atoms with Crippen molar-refractivity contribution in [3.05, 3.63) is 36.0 Å². The lowest BCUT2D eigenvalue weighted by Gasteiger charge is -2.34. The van der Waals surface area contributed by atoms with Gasteiger partial charge in [-0.1, -0.05) is 32.1 Å². The van der Waals surface area contributed by atoms with Crippen LogP contribution in [0.4, 0.5) is 4.79 Å². The van der Waals surface area contributed by atoms with Gasteiger partial charge in [0.15, 0.2) is 0 Å². The molecule has 0 radical (unpaired) electrons. The van der Waals surface area contributed by atoms with E-state index in [0.29, 0.717) is 24.4 Å². The molecule has 2 aliphatic rings. The molecular weight excluding hydrogens is 388 g/mol. The lowest BCUT2D eigenvalue weighted by atomic mass is 9.94. The van der Waals surface area contributed by atoms with Gasteiger partial charge in [-0.15, -0.1) is 0 Å². The number of carbonyl (C=O) groups excluding carboxylic acids is 1. The molecule has 0 spiro atoms. The van der Waals surface area contributed by atoms with Crippen molar-refractivity contribution in [2.45, 2.75) is 59.1 Å². The first kappa shape index (κ1) is 21.9. The average molecular weight is 425 g/mol. The Hall–Kier alpha value is -2.34.